The first-order chi connectivity index (χ1) is 9.54. The molecule has 0 radical (unpaired) electrons. The maximum absolute atomic E-state index is 12.1. The number of H-pyrrole nitrogens is 1. The molecule has 1 aromatic carbocycles. The van der Waals surface area contributed by atoms with E-state index in [2.05, 4.69) is 19.7 Å². The molecular weight excluding hydrogens is 300 g/mol. The van der Waals surface area contributed by atoms with E-state index in [0.29, 0.717) is 5.52 Å². The maximum atomic E-state index is 12.1. The number of halogens is 1. The molecule has 3 aromatic rings. The van der Waals surface area contributed by atoms with Crippen LogP contribution < -0.4 is 4.72 Å². The minimum atomic E-state index is -3.74. The Balaban J connectivity index is 1.94. The Kier molecular flexibility index (Phi) is 3.07. The zero-order chi connectivity index (χ0) is 14.2. The summed E-state index contributed by atoms with van der Waals surface area (Å²) in [6, 6.07) is 10.0. The van der Waals surface area contributed by atoms with Gasteiger partial charge in [0.15, 0.2) is 0 Å². The molecule has 2 heterocycles. The van der Waals surface area contributed by atoms with Crippen LogP contribution in [0.3, 0.4) is 0 Å². The number of nitrogens with one attached hydrogen (secondary N) is 2. The summed E-state index contributed by atoms with van der Waals surface area (Å²) in [6.45, 7) is 0. The lowest BCUT2D eigenvalue weighted by atomic mass is 10.3. The lowest BCUT2D eigenvalue weighted by Crippen LogP contribution is -2.14. The molecule has 0 atom stereocenters. The Morgan fingerprint density at radius 2 is 1.95 bits per heavy atom. The summed E-state index contributed by atoms with van der Waals surface area (Å²) in [6.07, 6.45) is 1.19. The number of aromatic amines is 1. The van der Waals surface area contributed by atoms with Crippen molar-refractivity contribution in [3.05, 3.63) is 47.7 Å². The van der Waals surface area contributed by atoms with E-state index in [1.807, 2.05) is 18.2 Å². The molecule has 20 heavy (non-hydrogen) atoms. The summed E-state index contributed by atoms with van der Waals surface area (Å²) in [5.41, 5.74) is 1.43. The van der Waals surface area contributed by atoms with Gasteiger partial charge in [0.25, 0.3) is 10.0 Å². The fourth-order valence-electron chi connectivity index (χ4n) is 1.71. The highest BCUT2D eigenvalue weighted by atomic mass is 35.5. The Hall–Kier alpha value is -2.12. The van der Waals surface area contributed by atoms with Crippen molar-refractivity contribution < 1.29 is 8.42 Å². The van der Waals surface area contributed by atoms with Gasteiger partial charge in [-0.1, -0.05) is 23.7 Å². The summed E-state index contributed by atoms with van der Waals surface area (Å²) in [5, 5.41) is 0.229. The number of pyridine rings is 1. The molecule has 2 N–H and O–H groups in total. The van der Waals surface area contributed by atoms with Crippen molar-refractivity contribution in [1.29, 1.82) is 0 Å². The quantitative estimate of drug-likeness (QED) is 0.727. The van der Waals surface area contributed by atoms with E-state index >= 15 is 0 Å². The van der Waals surface area contributed by atoms with Crippen molar-refractivity contribution in [3.63, 3.8) is 0 Å². The molecule has 0 amide bonds. The number of imidazole rings is 1. The number of benzene rings is 1. The van der Waals surface area contributed by atoms with Crippen LogP contribution in [0.15, 0.2) is 47.5 Å². The number of para-hydroxylation sites is 2. The van der Waals surface area contributed by atoms with Crippen LogP contribution >= 0.6 is 11.6 Å². The number of sulfonamides is 1. The number of nitrogens with zero attached hydrogens (tertiary/aromatic N) is 2. The fourth-order valence-corrected chi connectivity index (χ4v) is 2.73. The average Bonchev–Trinajstić information content (AvgIpc) is 2.80. The van der Waals surface area contributed by atoms with Crippen LogP contribution in [0.25, 0.3) is 11.0 Å². The van der Waals surface area contributed by atoms with Gasteiger partial charge in [0.1, 0.15) is 10.0 Å². The second kappa shape index (κ2) is 4.77. The topological polar surface area (TPSA) is 87.7 Å². The van der Waals surface area contributed by atoms with E-state index in [1.165, 1.54) is 18.3 Å². The maximum Gasteiger partial charge on any atom is 0.265 e. The normalized spacial score (nSPS) is 11.7. The zero-order valence-electron chi connectivity index (χ0n) is 10.0. The van der Waals surface area contributed by atoms with Crippen molar-refractivity contribution in [2.24, 2.45) is 0 Å². The molecule has 0 aliphatic carbocycles. The highest BCUT2D eigenvalue weighted by molar-refractivity contribution is 7.92. The van der Waals surface area contributed by atoms with Gasteiger partial charge in [0, 0.05) is 6.20 Å². The largest absolute Gasteiger partial charge is 0.323 e. The predicted octanol–water partition coefficient (Wildman–Crippen LogP) is 2.41. The lowest BCUT2D eigenvalue weighted by molar-refractivity contribution is 0.600. The molecule has 0 spiro atoms. The number of aromatic nitrogens is 3. The summed E-state index contributed by atoms with van der Waals surface area (Å²) in [4.78, 5) is 10.8. The molecular formula is C12H9ClN4O2S. The molecule has 6 nitrogen and oxygen atoms in total. The third-order valence-corrected chi connectivity index (χ3v) is 4.18. The van der Waals surface area contributed by atoms with E-state index in [0.717, 1.165) is 5.52 Å². The zero-order valence-corrected chi connectivity index (χ0v) is 11.6. The first kappa shape index (κ1) is 12.9. The van der Waals surface area contributed by atoms with Gasteiger partial charge in [-0.05, 0) is 24.3 Å². The van der Waals surface area contributed by atoms with Crippen LogP contribution in [0.1, 0.15) is 0 Å². The third kappa shape index (κ3) is 2.45. The van der Waals surface area contributed by atoms with E-state index in [-0.39, 0.29) is 16.0 Å². The van der Waals surface area contributed by atoms with Crippen LogP contribution in [0, 0.1) is 0 Å². The van der Waals surface area contributed by atoms with Gasteiger partial charge in [0.05, 0.1) is 11.0 Å². The second-order valence-corrected chi connectivity index (χ2v) is 6.09. The molecule has 0 aliphatic rings. The molecule has 0 aliphatic heterocycles. The number of hydrogen-bond acceptors (Lipinski definition) is 4. The van der Waals surface area contributed by atoms with E-state index in [1.54, 1.807) is 6.07 Å². The summed E-state index contributed by atoms with van der Waals surface area (Å²) >= 11 is 5.63. The number of anilines is 1. The van der Waals surface area contributed by atoms with E-state index in [4.69, 9.17) is 11.6 Å². The Bertz CT molecular complexity index is 826. The van der Waals surface area contributed by atoms with Crippen LogP contribution in [0.4, 0.5) is 5.95 Å². The molecule has 0 fully saturated rings. The summed E-state index contributed by atoms with van der Waals surface area (Å²) < 4.78 is 26.6. The van der Waals surface area contributed by atoms with Crippen molar-refractivity contribution in [1.82, 2.24) is 15.0 Å². The van der Waals surface area contributed by atoms with Gasteiger partial charge in [-0.25, -0.2) is 23.1 Å². The van der Waals surface area contributed by atoms with Crippen molar-refractivity contribution >= 4 is 38.6 Å². The van der Waals surface area contributed by atoms with Crippen LogP contribution in [0.5, 0.6) is 0 Å². The van der Waals surface area contributed by atoms with Gasteiger partial charge in [-0.15, -0.1) is 0 Å². The van der Waals surface area contributed by atoms with Gasteiger partial charge >= 0.3 is 0 Å². The first-order valence-electron chi connectivity index (χ1n) is 5.64. The van der Waals surface area contributed by atoms with Crippen molar-refractivity contribution in [2.75, 3.05) is 4.72 Å². The predicted molar refractivity (Wildman–Crippen MR) is 76.1 cm³/mol. The van der Waals surface area contributed by atoms with Gasteiger partial charge in [-0.3, -0.25) is 0 Å². The highest BCUT2D eigenvalue weighted by Crippen LogP contribution is 2.17. The molecule has 102 valence electrons. The highest BCUT2D eigenvalue weighted by Gasteiger charge is 2.16. The minimum Gasteiger partial charge on any atom is -0.323 e. The standard InChI is InChI=1S/C12H9ClN4O2S/c13-11-6-5-8(7-14-11)20(18,19)17-12-15-9-3-1-2-4-10(9)16-12/h1-7H,(H2,15,16,17). The molecule has 0 saturated heterocycles. The number of hydrogen-bond donors (Lipinski definition) is 2. The molecule has 8 heteroatoms. The third-order valence-electron chi connectivity index (χ3n) is 2.63. The SMILES string of the molecule is O=S(=O)(Nc1nc2ccccc2[nH]1)c1ccc(Cl)nc1. The Morgan fingerprint density at radius 3 is 2.65 bits per heavy atom. The first-order valence-corrected chi connectivity index (χ1v) is 7.50. The summed E-state index contributed by atoms with van der Waals surface area (Å²) in [7, 11) is -3.74. The number of fused-ring (bicyclic) bond motifs is 1. The number of rotatable bonds is 3. The average molecular weight is 309 g/mol. The molecule has 3 rings (SSSR count). The van der Waals surface area contributed by atoms with Crippen molar-refractivity contribution in [2.45, 2.75) is 4.90 Å². The van der Waals surface area contributed by atoms with Crippen LogP contribution in [-0.2, 0) is 10.0 Å². The fraction of sp³-hybridized carbons (Fsp3) is 0. The van der Waals surface area contributed by atoms with Gasteiger partial charge in [-0.2, -0.15) is 0 Å². The van der Waals surface area contributed by atoms with Gasteiger partial charge in [0.2, 0.25) is 5.95 Å². The van der Waals surface area contributed by atoms with E-state index in [9.17, 15) is 8.42 Å². The Morgan fingerprint density at radius 1 is 1.15 bits per heavy atom. The van der Waals surface area contributed by atoms with Crippen molar-refractivity contribution in [3.8, 4) is 0 Å². The smallest absolute Gasteiger partial charge is 0.265 e. The minimum absolute atomic E-state index is 0.0161. The van der Waals surface area contributed by atoms with Gasteiger partial charge < -0.3 is 4.98 Å². The van der Waals surface area contributed by atoms with Crippen LogP contribution in [-0.4, -0.2) is 23.4 Å². The molecule has 0 saturated carbocycles. The summed E-state index contributed by atoms with van der Waals surface area (Å²) in [5.74, 6) is 0.154. The molecule has 0 bridgehead atoms. The molecule has 0 unspecified atom stereocenters. The van der Waals surface area contributed by atoms with E-state index < -0.39 is 10.0 Å². The van der Waals surface area contributed by atoms with Crippen LogP contribution in [0.2, 0.25) is 5.15 Å². The Labute approximate surface area is 119 Å². The lowest BCUT2D eigenvalue weighted by Gasteiger charge is -2.04. The monoisotopic (exact) mass is 308 g/mol. The second-order valence-electron chi connectivity index (χ2n) is 4.02. The molecule has 2 aromatic heterocycles.